The first-order valence-corrected chi connectivity index (χ1v) is 9.51. The van der Waals surface area contributed by atoms with E-state index >= 15 is 0 Å². The number of carboxylic acid groups (broad SMARTS) is 1. The molecule has 0 aromatic heterocycles. The molecule has 2 atom stereocenters. The number of hydrogen-bond donors (Lipinski definition) is 3. The van der Waals surface area contributed by atoms with Gasteiger partial charge in [0.1, 0.15) is 0 Å². The predicted molar refractivity (Wildman–Crippen MR) is 79.4 cm³/mol. The van der Waals surface area contributed by atoms with Gasteiger partial charge in [0.15, 0.2) is 0 Å². The van der Waals surface area contributed by atoms with Crippen LogP contribution in [0.2, 0.25) is 11.1 Å². The number of rotatable bonds is 7. The van der Waals surface area contributed by atoms with Crippen LogP contribution >= 0.6 is 0 Å². The first-order chi connectivity index (χ1) is 9.56. The zero-order valence-electron chi connectivity index (χ0n) is 13.1. The number of hydrogen-bond acceptors (Lipinski definition) is 4. The summed E-state index contributed by atoms with van der Waals surface area (Å²) in [5.41, 5.74) is -0.660. The van der Waals surface area contributed by atoms with Crippen molar-refractivity contribution in [3.05, 3.63) is 0 Å². The molecule has 0 unspecified atom stereocenters. The van der Waals surface area contributed by atoms with Gasteiger partial charge in [0.25, 0.3) is 0 Å². The molecule has 0 aliphatic heterocycles. The summed E-state index contributed by atoms with van der Waals surface area (Å²) in [6.07, 6.45) is -0.328. The van der Waals surface area contributed by atoms with Crippen LogP contribution in [0.3, 0.4) is 0 Å². The molecular formula is C13H24N2O5Se. The van der Waals surface area contributed by atoms with Gasteiger partial charge in [-0.15, -0.1) is 0 Å². The zero-order valence-corrected chi connectivity index (χ0v) is 14.8. The molecule has 0 fully saturated rings. The van der Waals surface area contributed by atoms with Crippen LogP contribution in [0, 0.1) is 0 Å². The molecule has 0 bridgehead atoms. The Balaban J connectivity index is 4.42. The van der Waals surface area contributed by atoms with Gasteiger partial charge in [-0.3, -0.25) is 0 Å². The van der Waals surface area contributed by atoms with E-state index < -0.39 is 35.7 Å². The van der Waals surface area contributed by atoms with Gasteiger partial charge in [-0.1, -0.05) is 0 Å². The third-order valence-corrected chi connectivity index (χ3v) is 3.70. The van der Waals surface area contributed by atoms with Crippen molar-refractivity contribution in [3.63, 3.8) is 0 Å². The fourth-order valence-corrected chi connectivity index (χ4v) is 2.33. The van der Waals surface area contributed by atoms with Gasteiger partial charge in [-0.05, 0) is 0 Å². The van der Waals surface area contributed by atoms with Crippen LogP contribution in [-0.2, 0) is 14.3 Å². The van der Waals surface area contributed by atoms with E-state index in [4.69, 9.17) is 9.84 Å². The Morgan fingerprint density at radius 1 is 1.24 bits per heavy atom. The molecule has 0 aromatic carbocycles. The molecule has 0 radical (unpaired) electrons. The van der Waals surface area contributed by atoms with E-state index in [0.29, 0.717) is 21.4 Å². The number of carboxylic acids is 1. The fourth-order valence-electron chi connectivity index (χ4n) is 1.34. The molecule has 0 spiro atoms. The Morgan fingerprint density at radius 3 is 2.24 bits per heavy atom. The Kier molecular flexibility index (Phi) is 8.36. The summed E-state index contributed by atoms with van der Waals surface area (Å²) in [7, 11) is 0. The van der Waals surface area contributed by atoms with E-state index in [2.05, 4.69) is 10.6 Å². The number of aliphatic carboxylic acids is 1. The Hall–Kier alpha value is -1.27. The molecule has 0 aliphatic rings. The molecule has 8 heteroatoms. The third kappa shape index (κ3) is 9.31. The van der Waals surface area contributed by atoms with Crippen LogP contribution in [-0.4, -0.2) is 55.7 Å². The fraction of sp³-hybridized carbons (Fsp3) is 0.769. The van der Waals surface area contributed by atoms with Crippen molar-refractivity contribution >= 4 is 32.9 Å². The van der Waals surface area contributed by atoms with E-state index in [1.165, 1.54) is 6.92 Å². The van der Waals surface area contributed by atoms with Crippen LogP contribution in [0.15, 0.2) is 0 Å². The number of nitrogens with one attached hydrogen (secondary N) is 2. The summed E-state index contributed by atoms with van der Waals surface area (Å²) in [5, 5.41) is 14.6. The van der Waals surface area contributed by atoms with E-state index in [0.717, 1.165) is 5.32 Å². The van der Waals surface area contributed by atoms with Crippen molar-refractivity contribution in [1.29, 1.82) is 0 Å². The number of carbonyl (C=O) groups is 3. The summed E-state index contributed by atoms with van der Waals surface area (Å²) in [5.74, 6) is 0.384. The molecule has 0 rings (SSSR count). The summed E-state index contributed by atoms with van der Waals surface area (Å²) in [6, 6.07) is -1.80. The summed E-state index contributed by atoms with van der Waals surface area (Å²) < 4.78 is 5.03. The van der Waals surface area contributed by atoms with Crippen molar-refractivity contribution in [2.24, 2.45) is 0 Å². The normalized spacial score (nSPS) is 14.0. The topological polar surface area (TPSA) is 105 Å². The van der Waals surface area contributed by atoms with Crippen molar-refractivity contribution < 1.29 is 24.2 Å². The molecule has 0 saturated heterocycles. The summed E-state index contributed by atoms with van der Waals surface area (Å²) in [6.45, 7) is 6.61. The molecule has 0 aliphatic carbocycles. The minimum absolute atomic E-state index is 0.346. The van der Waals surface area contributed by atoms with E-state index in [1.807, 2.05) is 5.82 Å². The van der Waals surface area contributed by atoms with Gasteiger partial charge in [0.05, 0.1) is 0 Å². The van der Waals surface area contributed by atoms with Gasteiger partial charge in [-0.25, -0.2) is 0 Å². The molecule has 21 heavy (non-hydrogen) atoms. The summed E-state index contributed by atoms with van der Waals surface area (Å²) in [4.78, 5) is 34.5. The third-order valence-electron chi connectivity index (χ3n) is 2.35. The second-order valence-corrected chi connectivity index (χ2v) is 7.62. The molecule has 0 saturated carbocycles. The molecule has 3 N–H and O–H groups in total. The van der Waals surface area contributed by atoms with Crippen LogP contribution in [0.5, 0.6) is 0 Å². The van der Waals surface area contributed by atoms with E-state index in [-0.39, 0.29) is 0 Å². The first kappa shape index (κ1) is 19.7. The van der Waals surface area contributed by atoms with Crippen LogP contribution in [0.1, 0.15) is 34.1 Å². The van der Waals surface area contributed by atoms with Gasteiger partial charge >= 0.3 is 131 Å². The minimum atomic E-state index is -1.07. The number of carbonyl (C=O) groups excluding carboxylic acids is 2. The Labute approximate surface area is 131 Å². The monoisotopic (exact) mass is 368 g/mol. The van der Waals surface area contributed by atoms with Crippen LogP contribution < -0.4 is 10.6 Å². The van der Waals surface area contributed by atoms with Crippen molar-refractivity contribution in [3.8, 4) is 0 Å². The quantitative estimate of drug-likeness (QED) is 0.583. The maximum atomic E-state index is 11.9. The van der Waals surface area contributed by atoms with Crippen LogP contribution in [0.4, 0.5) is 4.79 Å². The second kappa shape index (κ2) is 8.89. The Morgan fingerprint density at radius 2 is 1.81 bits per heavy atom. The van der Waals surface area contributed by atoms with Gasteiger partial charge in [-0.2, -0.15) is 0 Å². The van der Waals surface area contributed by atoms with E-state index in [1.54, 1.807) is 20.8 Å². The molecule has 0 heterocycles. The maximum absolute atomic E-state index is 11.9. The Bertz CT molecular complexity index is 381. The molecule has 2 amide bonds. The first-order valence-electron chi connectivity index (χ1n) is 6.58. The number of amides is 2. The number of ether oxygens (including phenoxy) is 1. The van der Waals surface area contributed by atoms with Crippen molar-refractivity contribution in [2.45, 2.75) is 62.9 Å². The van der Waals surface area contributed by atoms with Crippen LogP contribution in [0.25, 0.3) is 0 Å². The summed E-state index contributed by atoms with van der Waals surface area (Å²) >= 11 is 0.346. The second-order valence-electron chi connectivity index (χ2n) is 5.55. The SMILES string of the molecule is C[Se]CC[C@H](NC(=O)[C@H](C)NC(=O)OC(C)(C)C)C(=O)O. The average molecular weight is 367 g/mol. The average Bonchev–Trinajstić information content (AvgIpc) is 2.30. The molecule has 0 aromatic rings. The van der Waals surface area contributed by atoms with Gasteiger partial charge in [0, 0.05) is 0 Å². The zero-order chi connectivity index (χ0) is 16.6. The van der Waals surface area contributed by atoms with Crippen molar-refractivity contribution in [2.75, 3.05) is 0 Å². The van der Waals surface area contributed by atoms with E-state index in [9.17, 15) is 14.4 Å². The molecular weight excluding hydrogens is 343 g/mol. The van der Waals surface area contributed by atoms with Gasteiger partial charge in [0.2, 0.25) is 0 Å². The van der Waals surface area contributed by atoms with Crippen molar-refractivity contribution in [1.82, 2.24) is 10.6 Å². The molecule has 122 valence electrons. The standard InChI is InChI=1S/C13H24N2O5Se/c1-8(14-12(19)20-13(2,3)4)10(16)15-9(11(17)18)6-7-21-5/h8-9H,6-7H2,1-5H3,(H,14,19)(H,15,16)(H,17,18)/t8-,9-/m0/s1. The molecule has 7 nitrogen and oxygen atoms in total. The number of alkyl carbamates (subject to hydrolysis) is 1. The van der Waals surface area contributed by atoms with Gasteiger partial charge < -0.3 is 0 Å². The predicted octanol–water partition coefficient (Wildman–Crippen LogP) is 1.03.